The first-order chi connectivity index (χ1) is 9.08. The number of aryl methyl sites for hydroxylation is 2. The van der Waals surface area contributed by atoms with Crippen molar-refractivity contribution in [1.29, 1.82) is 0 Å². The standard InChI is InChI=1S/C17H16O2/c1-12-8-9-13(2)15(10-12)17(19)11-16(18)14-6-4-3-5-7-14/h3-10H,11H2,1-2H3. The molecule has 0 aliphatic rings. The molecule has 2 heteroatoms. The second kappa shape index (κ2) is 5.61. The van der Waals surface area contributed by atoms with Gasteiger partial charge in [-0.05, 0) is 25.5 Å². The Morgan fingerprint density at radius 3 is 2.26 bits per heavy atom. The predicted molar refractivity (Wildman–Crippen MR) is 75.6 cm³/mol. The number of ketones is 2. The summed E-state index contributed by atoms with van der Waals surface area (Å²) in [5.74, 6) is -0.249. The minimum absolute atomic E-state index is 0.0751. The lowest BCUT2D eigenvalue weighted by Gasteiger charge is -2.06. The van der Waals surface area contributed by atoms with E-state index < -0.39 is 0 Å². The summed E-state index contributed by atoms with van der Waals surface area (Å²) in [4.78, 5) is 24.2. The quantitative estimate of drug-likeness (QED) is 0.613. The molecule has 2 rings (SSSR count). The van der Waals surface area contributed by atoms with Crippen molar-refractivity contribution >= 4 is 11.6 Å². The molecule has 0 aliphatic heterocycles. The molecular weight excluding hydrogens is 236 g/mol. The van der Waals surface area contributed by atoms with Gasteiger partial charge in [-0.1, -0.05) is 48.0 Å². The van der Waals surface area contributed by atoms with Crippen LogP contribution in [0.3, 0.4) is 0 Å². The third-order valence-corrected chi connectivity index (χ3v) is 3.11. The molecule has 19 heavy (non-hydrogen) atoms. The van der Waals surface area contributed by atoms with Gasteiger partial charge in [0.05, 0.1) is 6.42 Å². The third kappa shape index (κ3) is 3.16. The van der Waals surface area contributed by atoms with Gasteiger partial charge in [0.2, 0.25) is 0 Å². The van der Waals surface area contributed by atoms with E-state index in [4.69, 9.17) is 0 Å². The molecule has 0 heterocycles. The van der Waals surface area contributed by atoms with Gasteiger partial charge in [-0.25, -0.2) is 0 Å². The highest BCUT2D eigenvalue weighted by molar-refractivity contribution is 6.14. The number of Topliss-reactive ketones (excluding diaryl/α,β-unsaturated/α-hetero) is 2. The highest BCUT2D eigenvalue weighted by atomic mass is 16.1. The third-order valence-electron chi connectivity index (χ3n) is 3.11. The highest BCUT2D eigenvalue weighted by Gasteiger charge is 2.15. The van der Waals surface area contributed by atoms with Crippen LogP contribution in [0.15, 0.2) is 48.5 Å². The second-order valence-corrected chi connectivity index (χ2v) is 4.71. The van der Waals surface area contributed by atoms with Crippen molar-refractivity contribution in [3.8, 4) is 0 Å². The first-order valence-electron chi connectivity index (χ1n) is 6.26. The van der Waals surface area contributed by atoms with Gasteiger partial charge in [0, 0.05) is 11.1 Å². The summed E-state index contributed by atoms with van der Waals surface area (Å²) >= 11 is 0. The molecule has 0 fully saturated rings. The Balaban J connectivity index is 2.18. The maximum Gasteiger partial charge on any atom is 0.170 e. The Hall–Kier alpha value is -2.22. The van der Waals surface area contributed by atoms with E-state index in [2.05, 4.69) is 0 Å². The zero-order valence-corrected chi connectivity index (χ0v) is 11.1. The van der Waals surface area contributed by atoms with E-state index in [0.717, 1.165) is 11.1 Å². The fraction of sp³-hybridized carbons (Fsp3) is 0.176. The largest absolute Gasteiger partial charge is 0.294 e. The topological polar surface area (TPSA) is 34.1 Å². The second-order valence-electron chi connectivity index (χ2n) is 4.71. The van der Waals surface area contributed by atoms with E-state index in [9.17, 15) is 9.59 Å². The molecular formula is C17H16O2. The summed E-state index contributed by atoms with van der Waals surface area (Å²) in [7, 11) is 0. The first-order valence-corrected chi connectivity index (χ1v) is 6.26. The van der Waals surface area contributed by atoms with E-state index in [1.54, 1.807) is 24.3 Å². The molecule has 96 valence electrons. The van der Waals surface area contributed by atoms with Crippen molar-refractivity contribution < 1.29 is 9.59 Å². The van der Waals surface area contributed by atoms with E-state index in [1.807, 2.05) is 38.1 Å². The van der Waals surface area contributed by atoms with E-state index >= 15 is 0 Å². The van der Waals surface area contributed by atoms with Crippen LogP contribution in [0.2, 0.25) is 0 Å². The molecule has 0 radical (unpaired) electrons. The lowest BCUT2D eigenvalue weighted by molar-refractivity contribution is 0.0894. The Morgan fingerprint density at radius 2 is 1.58 bits per heavy atom. The first kappa shape index (κ1) is 13.2. The molecule has 0 saturated carbocycles. The number of hydrogen-bond acceptors (Lipinski definition) is 2. The molecule has 0 amide bonds. The van der Waals surface area contributed by atoms with Gasteiger partial charge in [-0.15, -0.1) is 0 Å². The average Bonchev–Trinajstić information content (AvgIpc) is 2.42. The molecule has 2 aromatic rings. The van der Waals surface area contributed by atoms with Crippen LogP contribution >= 0.6 is 0 Å². The molecule has 0 saturated heterocycles. The van der Waals surface area contributed by atoms with Crippen LogP contribution in [0.1, 0.15) is 38.3 Å². The van der Waals surface area contributed by atoms with Gasteiger partial charge >= 0.3 is 0 Å². The van der Waals surface area contributed by atoms with Gasteiger partial charge in [0.1, 0.15) is 0 Å². The molecule has 2 nitrogen and oxygen atoms in total. The summed E-state index contributed by atoms with van der Waals surface area (Å²) < 4.78 is 0. The maximum atomic E-state index is 12.2. The van der Waals surface area contributed by atoms with Gasteiger partial charge in [0.15, 0.2) is 11.6 Å². The molecule has 0 N–H and O–H groups in total. The lowest BCUT2D eigenvalue weighted by Crippen LogP contribution is -2.10. The SMILES string of the molecule is Cc1ccc(C)c(C(=O)CC(=O)c2ccccc2)c1. The van der Waals surface area contributed by atoms with E-state index in [-0.39, 0.29) is 18.0 Å². The number of hydrogen-bond donors (Lipinski definition) is 0. The van der Waals surface area contributed by atoms with Crippen LogP contribution < -0.4 is 0 Å². The van der Waals surface area contributed by atoms with Crippen LogP contribution in [-0.4, -0.2) is 11.6 Å². The van der Waals surface area contributed by atoms with Gasteiger partial charge in [-0.2, -0.15) is 0 Å². The molecule has 0 bridgehead atoms. The van der Waals surface area contributed by atoms with Crippen LogP contribution in [0.4, 0.5) is 0 Å². The van der Waals surface area contributed by atoms with Crippen LogP contribution in [-0.2, 0) is 0 Å². The maximum absolute atomic E-state index is 12.2. The average molecular weight is 252 g/mol. The van der Waals surface area contributed by atoms with Gasteiger partial charge in [-0.3, -0.25) is 9.59 Å². The zero-order chi connectivity index (χ0) is 13.8. The predicted octanol–water partition coefficient (Wildman–Crippen LogP) is 3.76. The molecule has 2 aromatic carbocycles. The Bertz CT molecular complexity index is 612. The monoisotopic (exact) mass is 252 g/mol. The molecule has 0 spiro atoms. The summed E-state index contributed by atoms with van der Waals surface area (Å²) in [6.07, 6.45) is -0.0751. The fourth-order valence-electron chi connectivity index (χ4n) is 2.00. The number of rotatable bonds is 4. The van der Waals surface area contributed by atoms with Crippen molar-refractivity contribution in [2.45, 2.75) is 20.3 Å². The van der Waals surface area contributed by atoms with Gasteiger partial charge in [0.25, 0.3) is 0 Å². The van der Waals surface area contributed by atoms with Crippen molar-refractivity contribution in [2.75, 3.05) is 0 Å². The Labute approximate surface area is 113 Å². The number of carbonyl (C=O) groups is 2. The smallest absolute Gasteiger partial charge is 0.170 e. The zero-order valence-electron chi connectivity index (χ0n) is 11.1. The molecule has 0 aliphatic carbocycles. The number of carbonyl (C=O) groups excluding carboxylic acids is 2. The van der Waals surface area contributed by atoms with Crippen molar-refractivity contribution in [2.24, 2.45) is 0 Å². The minimum atomic E-state index is -0.133. The molecule has 0 unspecified atom stereocenters. The normalized spacial score (nSPS) is 10.2. The number of benzene rings is 2. The van der Waals surface area contributed by atoms with Crippen LogP contribution in [0.5, 0.6) is 0 Å². The Kier molecular flexibility index (Phi) is 3.91. The van der Waals surface area contributed by atoms with Crippen molar-refractivity contribution in [3.63, 3.8) is 0 Å². The van der Waals surface area contributed by atoms with Crippen molar-refractivity contribution in [1.82, 2.24) is 0 Å². The van der Waals surface area contributed by atoms with Crippen LogP contribution in [0.25, 0.3) is 0 Å². The highest BCUT2D eigenvalue weighted by Crippen LogP contribution is 2.14. The summed E-state index contributed by atoms with van der Waals surface area (Å²) in [6.45, 7) is 3.83. The molecule has 0 aromatic heterocycles. The Morgan fingerprint density at radius 1 is 0.895 bits per heavy atom. The van der Waals surface area contributed by atoms with E-state index in [0.29, 0.717) is 11.1 Å². The van der Waals surface area contributed by atoms with Crippen LogP contribution in [0, 0.1) is 13.8 Å². The summed E-state index contributed by atoms with van der Waals surface area (Å²) in [6, 6.07) is 14.6. The van der Waals surface area contributed by atoms with Gasteiger partial charge < -0.3 is 0 Å². The van der Waals surface area contributed by atoms with Crippen molar-refractivity contribution in [3.05, 3.63) is 70.8 Å². The fourth-order valence-corrected chi connectivity index (χ4v) is 2.00. The summed E-state index contributed by atoms with van der Waals surface area (Å²) in [5, 5.41) is 0. The summed E-state index contributed by atoms with van der Waals surface area (Å²) in [5.41, 5.74) is 3.17. The lowest BCUT2D eigenvalue weighted by atomic mass is 9.97. The minimum Gasteiger partial charge on any atom is -0.294 e. The van der Waals surface area contributed by atoms with E-state index in [1.165, 1.54) is 0 Å². The molecule has 0 atom stereocenters.